The van der Waals surface area contributed by atoms with E-state index in [1.807, 2.05) is 0 Å². The molecule has 3 aromatic rings. The van der Waals surface area contributed by atoms with Crippen molar-refractivity contribution in [3.63, 3.8) is 0 Å². The molecule has 0 aliphatic carbocycles. The lowest BCUT2D eigenvalue weighted by molar-refractivity contribution is -0.0149. The standard InChI is InChI=1S/C17H19N7O5S/c18-30(26,27)28-8-12-3-4-14(29-12)24-10-23-15-13(21-9-22-16(15)24)7-20-17(25)11-2-1-5-19-6-11/h1-2,5-6,9-10,12,14H,3-4,7-8H2,(H,20,25)(H2,18,26,27)/t12-,14+/m0/s1. The van der Waals surface area contributed by atoms with E-state index in [0.717, 1.165) is 0 Å². The van der Waals surface area contributed by atoms with Gasteiger partial charge in [-0.3, -0.25) is 18.5 Å². The van der Waals surface area contributed by atoms with E-state index in [4.69, 9.17) is 9.88 Å². The van der Waals surface area contributed by atoms with E-state index in [1.54, 1.807) is 29.2 Å². The molecule has 1 amide bonds. The number of fused-ring (bicyclic) bond motifs is 1. The fourth-order valence-electron chi connectivity index (χ4n) is 3.19. The van der Waals surface area contributed by atoms with Crippen LogP contribution in [0.2, 0.25) is 0 Å². The van der Waals surface area contributed by atoms with E-state index in [2.05, 4.69) is 29.4 Å². The van der Waals surface area contributed by atoms with Crippen LogP contribution in [0.25, 0.3) is 11.2 Å². The van der Waals surface area contributed by atoms with E-state index < -0.39 is 16.4 Å². The Kier molecular flexibility index (Phi) is 5.67. The summed E-state index contributed by atoms with van der Waals surface area (Å²) in [5.74, 6) is -0.272. The molecule has 1 fully saturated rings. The number of hydrogen-bond donors (Lipinski definition) is 2. The maximum absolute atomic E-state index is 12.2. The Hall–Kier alpha value is -3.00. The number of carbonyl (C=O) groups is 1. The lowest BCUT2D eigenvalue weighted by atomic mass is 10.2. The topological polar surface area (TPSA) is 164 Å². The molecule has 0 aromatic carbocycles. The van der Waals surface area contributed by atoms with Crippen LogP contribution in [-0.4, -0.2) is 51.5 Å². The number of pyridine rings is 1. The molecular formula is C17H19N7O5S. The molecule has 158 valence electrons. The predicted octanol–water partition coefficient (Wildman–Crippen LogP) is 0.0490. The monoisotopic (exact) mass is 433 g/mol. The average Bonchev–Trinajstić information content (AvgIpc) is 3.37. The Morgan fingerprint density at radius 1 is 1.33 bits per heavy atom. The molecule has 30 heavy (non-hydrogen) atoms. The van der Waals surface area contributed by atoms with Crippen molar-refractivity contribution in [1.82, 2.24) is 29.8 Å². The van der Waals surface area contributed by atoms with Gasteiger partial charge in [-0.25, -0.2) is 20.1 Å². The second kappa shape index (κ2) is 8.39. The summed E-state index contributed by atoms with van der Waals surface area (Å²) in [7, 11) is -4.01. The Morgan fingerprint density at radius 3 is 2.97 bits per heavy atom. The summed E-state index contributed by atoms with van der Waals surface area (Å²) in [6.45, 7) is 0.0165. The van der Waals surface area contributed by atoms with E-state index >= 15 is 0 Å². The highest BCUT2D eigenvalue weighted by atomic mass is 32.2. The van der Waals surface area contributed by atoms with Crippen molar-refractivity contribution < 1.29 is 22.1 Å². The molecule has 0 bridgehead atoms. The van der Waals surface area contributed by atoms with Gasteiger partial charge in [0.05, 0.1) is 36.8 Å². The summed E-state index contributed by atoms with van der Waals surface area (Å²) in [6.07, 6.45) is 6.48. The van der Waals surface area contributed by atoms with Crippen molar-refractivity contribution in [2.75, 3.05) is 6.61 Å². The number of aromatic nitrogens is 5. The van der Waals surface area contributed by atoms with Crippen LogP contribution in [-0.2, 0) is 25.8 Å². The largest absolute Gasteiger partial charge is 0.352 e. The number of amides is 1. The Balaban J connectivity index is 1.45. The molecular weight excluding hydrogens is 414 g/mol. The first kappa shape index (κ1) is 20.3. The predicted molar refractivity (Wildman–Crippen MR) is 103 cm³/mol. The molecule has 3 aromatic heterocycles. The van der Waals surface area contributed by atoms with Crippen LogP contribution in [0, 0.1) is 0 Å². The maximum Gasteiger partial charge on any atom is 0.333 e. The fraction of sp³-hybridized carbons (Fsp3) is 0.353. The highest BCUT2D eigenvalue weighted by Gasteiger charge is 2.29. The van der Waals surface area contributed by atoms with Crippen LogP contribution in [0.3, 0.4) is 0 Å². The zero-order valence-corrected chi connectivity index (χ0v) is 16.5. The van der Waals surface area contributed by atoms with E-state index in [9.17, 15) is 13.2 Å². The molecule has 1 aliphatic heterocycles. The van der Waals surface area contributed by atoms with Crippen molar-refractivity contribution >= 4 is 27.4 Å². The van der Waals surface area contributed by atoms with Gasteiger partial charge in [0.15, 0.2) is 5.65 Å². The van der Waals surface area contributed by atoms with Gasteiger partial charge in [0.1, 0.15) is 18.1 Å². The highest BCUT2D eigenvalue weighted by Crippen LogP contribution is 2.30. The van der Waals surface area contributed by atoms with Gasteiger partial charge in [-0.05, 0) is 25.0 Å². The molecule has 4 heterocycles. The van der Waals surface area contributed by atoms with Crippen LogP contribution in [0.1, 0.15) is 35.1 Å². The number of carbonyl (C=O) groups excluding carboxylic acids is 1. The number of nitrogens with two attached hydrogens (primary N) is 1. The second-order valence-electron chi connectivity index (χ2n) is 6.64. The first-order chi connectivity index (χ1) is 14.4. The third-order valence-corrected chi connectivity index (χ3v) is 5.05. The molecule has 1 saturated heterocycles. The van der Waals surface area contributed by atoms with Crippen LogP contribution < -0.4 is 10.5 Å². The summed E-state index contributed by atoms with van der Waals surface area (Å²) in [4.78, 5) is 29.0. The van der Waals surface area contributed by atoms with E-state index in [0.29, 0.717) is 35.3 Å². The average molecular weight is 433 g/mol. The first-order valence-electron chi connectivity index (χ1n) is 9.08. The molecule has 1 aliphatic rings. The molecule has 3 N–H and O–H groups in total. The number of imidazole rings is 1. The van der Waals surface area contributed by atoms with Gasteiger partial charge in [-0.1, -0.05) is 0 Å². The second-order valence-corrected chi connectivity index (χ2v) is 7.86. The summed E-state index contributed by atoms with van der Waals surface area (Å²) in [6, 6.07) is 3.35. The third kappa shape index (κ3) is 4.59. The molecule has 0 unspecified atom stereocenters. The normalized spacial score (nSPS) is 19.2. The molecule has 4 rings (SSSR count). The van der Waals surface area contributed by atoms with Crippen molar-refractivity contribution in [2.45, 2.75) is 31.7 Å². The van der Waals surface area contributed by atoms with Gasteiger partial charge < -0.3 is 10.1 Å². The zero-order chi connectivity index (χ0) is 21.1. The number of ether oxygens (including phenoxy) is 1. The lowest BCUT2D eigenvalue weighted by Gasteiger charge is -2.15. The number of hydrogen-bond acceptors (Lipinski definition) is 9. The van der Waals surface area contributed by atoms with Crippen LogP contribution >= 0.6 is 0 Å². The molecule has 13 heteroatoms. The minimum atomic E-state index is -4.01. The fourth-order valence-corrected chi connectivity index (χ4v) is 3.53. The first-order valence-corrected chi connectivity index (χ1v) is 10.5. The van der Waals surface area contributed by atoms with Crippen LogP contribution in [0.4, 0.5) is 0 Å². The van der Waals surface area contributed by atoms with Gasteiger partial charge in [0, 0.05) is 12.4 Å². The van der Waals surface area contributed by atoms with Gasteiger partial charge in [0.2, 0.25) is 0 Å². The molecule has 0 saturated carbocycles. The van der Waals surface area contributed by atoms with Crippen molar-refractivity contribution in [1.29, 1.82) is 0 Å². The zero-order valence-electron chi connectivity index (χ0n) is 15.7. The highest BCUT2D eigenvalue weighted by molar-refractivity contribution is 7.84. The van der Waals surface area contributed by atoms with Gasteiger partial charge >= 0.3 is 10.3 Å². The Labute approximate surface area is 171 Å². The minimum absolute atomic E-state index is 0.150. The summed E-state index contributed by atoms with van der Waals surface area (Å²) < 4.78 is 34.1. The van der Waals surface area contributed by atoms with Gasteiger partial charge in [0.25, 0.3) is 5.91 Å². The summed E-state index contributed by atoms with van der Waals surface area (Å²) >= 11 is 0. The number of rotatable bonds is 7. The lowest BCUT2D eigenvalue weighted by Crippen LogP contribution is -2.24. The van der Waals surface area contributed by atoms with Crippen molar-refractivity contribution in [2.24, 2.45) is 5.14 Å². The van der Waals surface area contributed by atoms with Crippen LogP contribution in [0.5, 0.6) is 0 Å². The quantitative estimate of drug-likeness (QED) is 0.523. The van der Waals surface area contributed by atoms with Crippen molar-refractivity contribution in [3.8, 4) is 0 Å². The van der Waals surface area contributed by atoms with Crippen LogP contribution in [0.15, 0.2) is 37.2 Å². The molecule has 2 atom stereocenters. The SMILES string of the molecule is NS(=O)(=O)OC[C@@H]1CC[C@H](n2cnc3c(CNC(=O)c4cccnc4)ncnc32)O1. The van der Waals surface area contributed by atoms with Crippen molar-refractivity contribution in [3.05, 3.63) is 48.4 Å². The number of nitrogens with one attached hydrogen (secondary N) is 1. The number of nitrogens with zero attached hydrogens (tertiary/aromatic N) is 5. The van der Waals surface area contributed by atoms with Gasteiger partial charge in [-0.15, -0.1) is 0 Å². The smallest absolute Gasteiger partial charge is 0.333 e. The molecule has 0 radical (unpaired) electrons. The van der Waals surface area contributed by atoms with Gasteiger partial charge in [-0.2, -0.15) is 8.42 Å². The Morgan fingerprint density at radius 2 is 2.20 bits per heavy atom. The summed E-state index contributed by atoms with van der Waals surface area (Å²) in [5, 5.41) is 7.64. The summed E-state index contributed by atoms with van der Waals surface area (Å²) in [5.41, 5.74) is 2.09. The van der Waals surface area contributed by atoms with E-state index in [1.165, 1.54) is 12.5 Å². The minimum Gasteiger partial charge on any atom is -0.352 e. The molecule has 0 spiro atoms. The molecule has 12 nitrogen and oxygen atoms in total. The van der Waals surface area contributed by atoms with E-state index in [-0.39, 0.29) is 25.3 Å². The Bertz CT molecular complexity index is 1150. The third-order valence-electron chi connectivity index (χ3n) is 4.59. The maximum atomic E-state index is 12.2.